The van der Waals surface area contributed by atoms with Crippen molar-refractivity contribution in [2.45, 2.75) is 13.0 Å². The summed E-state index contributed by atoms with van der Waals surface area (Å²) < 4.78 is 12.6. The second-order valence-electron chi connectivity index (χ2n) is 8.07. The lowest BCUT2D eigenvalue weighted by Gasteiger charge is -2.28. The fourth-order valence-electron chi connectivity index (χ4n) is 4.21. The molecule has 1 amide bonds. The van der Waals surface area contributed by atoms with Gasteiger partial charge in [-0.15, -0.1) is 5.10 Å². The van der Waals surface area contributed by atoms with Crippen LogP contribution in [-0.2, 0) is 4.79 Å². The van der Waals surface area contributed by atoms with E-state index in [1.54, 1.807) is 18.9 Å². The highest BCUT2D eigenvalue weighted by molar-refractivity contribution is 6.06. The van der Waals surface area contributed by atoms with E-state index >= 15 is 0 Å². The Morgan fingerprint density at radius 2 is 1.63 bits per heavy atom. The van der Waals surface area contributed by atoms with Gasteiger partial charge in [0.1, 0.15) is 6.04 Å². The average molecular weight is 468 g/mol. The second kappa shape index (κ2) is 9.34. The average Bonchev–Trinajstić information content (AvgIpc) is 3.32. The van der Waals surface area contributed by atoms with Gasteiger partial charge in [0.25, 0.3) is 5.91 Å². The molecule has 0 bridgehead atoms. The van der Waals surface area contributed by atoms with E-state index < -0.39 is 6.04 Å². The number of nitrogens with one attached hydrogen (secondary N) is 2. The maximum atomic E-state index is 13.5. The molecule has 8 nitrogen and oxygen atoms in total. The van der Waals surface area contributed by atoms with Crippen molar-refractivity contribution in [2.24, 2.45) is 0 Å². The molecule has 1 aliphatic rings. The first kappa shape index (κ1) is 22.2. The molecule has 8 heteroatoms. The van der Waals surface area contributed by atoms with Crippen LogP contribution in [0.1, 0.15) is 18.5 Å². The fourth-order valence-corrected chi connectivity index (χ4v) is 4.21. The van der Waals surface area contributed by atoms with E-state index in [4.69, 9.17) is 19.6 Å². The number of anilines is 2. The first-order valence-corrected chi connectivity index (χ1v) is 11.2. The number of ether oxygens (including phenoxy) is 2. The Kier molecular flexibility index (Phi) is 5.93. The Morgan fingerprint density at radius 3 is 2.31 bits per heavy atom. The summed E-state index contributed by atoms with van der Waals surface area (Å²) in [7, 11) is 3.18. The van der Waals surface area contributed by atoms with E-state index in [9.17, 15) is 4.79 Å². The number of amides is 1. The van der Waals surface area contributed by atoms with Crippen molar-refractivity contribution >= 4 is 17.5 Å². The number of allylic oxidation sites excluding steroid dienone is 1. The molecule has 0 spiro atoms. The standard InChI is InChI=1S/C27H25N5O3/c1-17-23(26(33)29-20-12-8-5-9-13-20)24(18-10-6-4-7-11-18)32-27(28-17)30-25(31-32)19-14-15-21(34-2)22(16-19)35-3/h4-16,24H,1-3H3,(H,29,33)(H,28,30,31). The largest absolute Gasteiger partial charge is 0.493 e. The number of rotatable bonds is 6. The number of hydrogen-bond donors (Lipinski definition) is 2. The van der Waals surface area contributed by atoms with E-state index in [-0.39, 0.29) is 5.91 Å². The zero-order chi connectivity index (χ0) is 24.4. The summed E-state index contributed by atoms with van der Waals surface area (Å²) in [6.45, 7) is 1.88. The van der Waals surface area contributed by atoms with E-state index in [2.05, 4.69) is 10.6 Å². The Morgan fingerprint density at radius 1 is 0.943 bits per heavy atom. The van der Waals surface area contributed by atoms with E-state index in [1.807, 2.05) is 85.8 Å². The first-order valence-electron chi connectivity index (χ1n) is 11.2. The van der Waals surface area contributed by atoms with E-state index in [0.29, 0.717) is 34.5 Å². The van der Waals surface area contributed by atoms with Crippen LogP contribution in [-0.4, -0.2) is 34.9 Å². The molecule has 3 aromatic carbocycles. The molecule has 4 aromatic rings. The van der Waals surface area contributed by atoms with Crippen molar-refractivity contribution in [3.05, 3.63) is 95.7 Å². The van der Waals surface area contributed by atoms with Gasteiger partial charge in [0, 0.05) is 16.9 Å². The van der Waals surface area contributed by atoms with Crippen molar-refractivity contribution in [2.75, 3.05) is 24.9 Å². The third kappa shape index (κ3) is 4.21. The maximum absolute atomic E-state index is 13.5. The van der Waals surface area contributed by atoms with Crippen LogP contribution >= 0.6 is 0 Å². The van der Waals surface area contributed by atoms with Crippen molar-refractivity contribution in [3.8, 4) is 22.9 Å². The van der Waals surface area contributed by atoms with Gasteiger partial charge in [-0.3, -0.25) is 4.79 Å². The molecule has 0 radical (unpaired) electrons. The summed E-state index contributed by atoms with van der Waals surface area (Å²) in [4.78, 5) is 18.2. The predicted octanol–water partition coefficient (Wildman–Crippen LogP) is 4.89. The first-order chi connectivity index (χ1) is 17.1. The Hall–Kier alpha value is -4.59. The fraction of sp³-hybridized carbons (Fsp3) is 0.148. The molecule has 1 aliphatic heterocycles. The zero-order valence-corrected chi connectivity index (χ0v) is 19.6. The van der Waals surface area contributed by atoms with Gasteiger partial charge in [-0.05, 0) is 42.8 Å². The highest BCUT2D eigenvalue weighted by Crippen LogP contribution is 2.38. The molecule has 0 saturated carbocycles. The summed E-state index contributed by atoms with van der Waals surface area (Å²) in [5, 5.41) is 11.1. The predicted molar refractivity (Wildman–Crippen MR) is 135 cm³/mol. The number of carbonyl (C=O) groups excluding carboxylic acids is 1. The van der Waals surface area contributed by atoms with Crippen molar-refractivity contribution in [3.63, 3.8) is 0 Å². The SMILES string of the molecule is COc1ccc(-c2nc3n(n2)C(c2ccccc2)C(C(=O)Nc2ccccc2)=C(C)N3)cc1OC. The quantitative estimate of drug-likeness (QED) is 0.420. The molecule has 1 unspecified atom stereocenters. The molecule has 1 aromatic heterocycles. The monoisotopic (exact) mass is 467 g/mol. The van der Waals surface area contributed by atoms with Crippen LogP contribution in [0.25, 0.3) is 11.4 Å². The normalized spacial score (nSPS) is 14.7. The summed E-state index contributed by atoms with van der Waals surface area (Å²) in [6.07, 6.45) is 0. The minimum Gasteiger partial charge on any atom is -0.493 e. The molecular formula is C27H25N5O3. The van der Waals surface area contributed by atoms with Gasteiger partial charge < -0.3 is 20.1 Å². The Balaban J connectivity index is 1.58. The molecule has 1 atom stereocenters. The molecule has 5 rings (SSSR count). The van der Waals surface area contributed by atoms with Crippen LogP contribution in [0.5, 0.6) is 11.5 Å². The molecule has 0 saturated heterocycles. The minimum absolute atomic E-state index is 0.205. The molecule has 2 heterocycles. The molecule has 176 valence electrons. The van der Waals surface area contributed by atoms with Crippen LogP contribution in [0.4, 0.5) is 11.6 Å². The number of carbonyl (C=O) groups is 1. The highest BCUT2D eigenvalue weighted by Gasteiger charge is 2.34. The number of para-hydroxylation sites is 1. The van der Waals surface area contributed by atoms with Crippen LogP contribution in [0.2, 0.25) is 0 Å². The number of benzene rings is 3. The number of fused-ring (bicyclic) bond motifs is 1. The lowest BCUT2D eigenvalue weighted by Crippen LogP contribution is -2.31. The highest BCUT2D eigenvalue weighted by atomic mass is 16.5. The van der Waals surface area contributed by atoms with E-state index in [0.717, 1.165) is 16.8 Å². The van der Waals surface area contributed by atoms with Crippen LogP contribution in [0.3, 0.4) is 0 Å². The summed E-state index contributed by atoms with van der Waals surface area (Å²) in [5.74, 6) is 2.06. The number of methoxy groups -OCH3 is 2. The van der Waals surface area contributed by atoms with Gasteiger partial charge in [-0.2, -0.15) is 4.98 Å². The topological polar surface area (TPSA) is 90.3 Å². The molecule has 0 fully saturated rings. The Labute approximate surface area is 203 Å². The maximum Gasteiger partial charge on any atom is 0.255 e. The van der Waals surface area contributed by atoms with Crippen molar-refractivity contribution < 1.29 is 14.3 Å². The van der Waals surface area contributed by atoms with Crippen LogP contribution < -0.4 is 20.1 Å². The number of nitrogens with zero attached hydrogens (tertiary/aromatic N) is 3. The van der Waals surface area contributed by atoms with Crippen LogP contribution in [0, 0.1) is 0 Å². The molecule has 0 aliphatic carbocycles. The summed E-state index contributed by atoms with van der Waals surface area (Å²) in [5.41, 5.74) is 3.70. The lowest BCUT2D eigenvalue weighted by molar-refractivity contribution is -0.113. The van der Waals surface area contributed by atoms with Gasteiger partial charge in [-0.1, -0.05) is 48.5 Å². The van der Waals surface area contributed by atoms with Gasteiger partial charge in [0.05, 0.1) is 19.8 Å². The molecule has 2 N–H and O–H groups in total. The van der Waals surface area contributed by atoms with Gasteiger partial charge in [-0.25, -0.2) is 4.68 Å². The summed E-state index contributed by atoms with van der Waals surface area (Å²) in [6, 6.07) is 24.3. The lowest BCUT2D eigenvalue weighted by atomic mass is 9.95. The zero-order valence-electron chi connectivity index (χ0n) is 19.6. The number of hydrogen-bond acceptors (Lipinski definition) is 6. The van der Waals surface area contributed by atoms with E-state index in [1.165, 1.54) is 0 Å². The molecule has 35 heavy (non-hydrogen) atoms. The molecular weight excluding hydrogens is 442 g/mol. The van der Waals surface area contributed by atoms with Gasteiger partial charge in [0.15, 0.2) is 17.3 Å². The summed E-state index contributed by atoms with van der Waals surface area (Å²) >= 11 is 0. The minimum atomic E-state index is -0.461. The van der Waals surface area contributed by atoms with Crippen molar-refractivity contribution in [1.29, 1.82) is 0 Å². The van der Waals surface area contributed by atoms with Crippen LogP contribution in [0.15, 0.2) is 90.1 Å². The van der Waals surface area contributed by atoms with Crippen molar-refractivity contribution in [1.82, 2.24) is 14.8 Å². The second-order valence-corrected chi connectivity index (χ2v) is 8.07. The number of aromatic nitrogens is 3. The third-order valence-electron chi connectivity index (χ3n) is 5.89. The smallest absolute Gasteiger partial charge is 0.255 e. The van der Waals surface area contributed by atoms with Gasteiger partial charge in [0.2, 0.25) is 5.95 Å². The third-order valence-corrected chi connectivity index (χ3v) is 5.89. The van der Waals surface area contributed by atoms with Gasteiger partial charge >= 0.3 is 0 Å². The Bertz CT molecular complexity index is 1400.